The Kier molecular flexibility index (Phi) is 3.42. The molecule has 0 radical (unpaired) electrons. The number of hydrogen-bond donors (Lipinski definition) is 2. The second kappa shape index (κ2) is 5.21. The monoisotopic (exact) mass is 263 g/mol. The van der Waals surface area contributed by atoms with Gasteiger partial charge in [0.2, 0.25) is 5.95 Å². The number of nitrogens with one attached hydrogen (secondary N) is 1. The smallest absolute Gasteiger partial charge is 0.223 e. The van der Waals surface area contributed by atoms with Crippen LogP contribution >= 0.6 is 0 Å². The van der Waals surface area contributed by atoms with E-state index in [-0.39, 0.29) is 0 Å². The summed E-state index contributed by atoms with van der Waals surface area (Å²) in [5.41, 5.74) is 5.81. The van der Waals surface area contributed by atoms with E-state index in [9.17, 15) is 0 Å². The van der Waals surface area contributed by atoms with Crippen molar-refractivity contribution in [3.05, 3.63) is 6.07 Å². The van der Waals surface area contributed by atoms with Crippen LogP contribution in [0, 0.1) is 0 Å². The number of hydrogen-bond acceptors (Lipinski definition) is 6. The first-order chi connectivity index (χ1) is 9.28. The zero-order chi connectivity index (χ0) is 13.2. The summed E-state index contributed by atoms with van der Waals surface area (Å²) in [4.78, 5) is 10.9. The number of nitrogens with two attached hydrogens (primary N) is 1. The molecule has 1 aliphatic heterocycles. The van der Waals surface area contributed by atoms with Gasteiger partial charge in [0.25, 0.3) is 0 Å². The van der Waals surface area contributed by atoms with Gasteiger partial charge in [0.05, 0.1) is 18.8 Å². The summed E-state index contributed by atoms with van der Waals surface area (Å²) in [6, 6.07) is 2.43. The number of fused-ring (bicyclic) bond motifs is 1. The maximum atomic E-state index is 5.83. The first-order valence-corrected chi connectivity index (χ1v) is 7.04. The van der Waals surface area contributed by atoms with Crippen LogP contribution in [0.5, 0.6) is 0 Å². The Hall–Kier alpha value is -1.56. The Morgan fingerprint density at radius 2 is 2.37 bits per heavy atom. The van der Waals surface area contributed by atoms with E-state index in [2.05, 4.69) is 20.2 Å². The molecule has 2 aliphatic rings. The predicted molar refractivity (Wildman–Crippen MR) is 75.3 cm³/mol. The Morgan fingerprint density at radius 3 is 3.21 bits per heavy atom. The average Bonchev–Trinajstić information content (AvgIpc) is 2.86. The van der Waals surface area contributed by atoms with Crippen molar-refractivity contribution < 1.29 is 4.74 Å². The fourth-order valence-electron chi connectivity index (χ4n) is 3.08. The van der Waals surface area contributed by atoms with E-state index < -0.39 is 0 Å². The maximum Gasteiger partial charge on any atom is 0.223 e. The zero-order valence-electron chi connectivity index (χ0n) is 11.3. The summed E-state index contributed by atoms with van der Waals surface area (Å²) < 4.78 is 5.83. The second-order valence-electron chi connectivity index (χ2n) is 5.10. The van der Waals surface area contributed by atoms with Crippen LogP contribution in [-0.2, 0) is 4.74 Å². The Balaban J connectivity index is 1.87. The highest BCUT2D eigenvalue weighted by molar-refractivity contribution is 5.53. The number of nitrogens with zero attached hydrogens (tertiary/aromatic N) is 3. The van der Waals surface area contributed by atoms with Gasteiger partial charge in [0.15, 0.2) is 0 Å². The van der Waals surface area contributed by atoms with Crippen LogP contribution in [-0.4, -0.2) is 41.8 Å². The van der Waals surface area contributed by atoms with Gasteiger partial charge in [0, 0.05) is 19.2 Å². The van der Waals surface area contributed by atoms with Gasteiger partial charge >= 0.3 is 0 Å². The molecule has 2 atom stereocenters. The van der Waals surface area contributed by atoms with Crippen LogP contribution in [0.15, 0.2) is 6.07 Å². The summed E-state index contributed by atoms with van der Waals surface area (Å²) >= 11 is 0. The fraction of sp³-hybridized carbons (Fsp3) is 0.692. The molecule has 2 heterocycles. The number of anilines is 3. The molecule has 0 amide bonds. The molecule has 2 fully saturated rings. The molecule has 1 saturated carbocycles. The zero-order valence-corrected chi connectivity index (χ0v) is 11.3. The van der Waals surface area contributed by atoms with Gasteiger partial charge in [-0.2, -0.15) is 9.97 Å². The molecular weight excluding hydrogens is 242 g/mol. The predicted octanol–water partition coefficient (Wildman–Crippen LogP) is 1.25. The first-order valence-electron chi connectivity index (χ1n) is 7.04. The minimum Gasteiger partial charge on any atom is -0.374 e. The Labute approximate surface area is 113 Å². The number of aromatic nitrogens is 2. The van der Waals surface area contributed by atoms with Gasteiger partial charge in [-0.25, -0.2) is 0 Å². The molecule has 1 saturated heterocycles. The van der Waals surface area contributed by atoms with Gasteiger partial charge in [-0.1, -0.05) is 0 Å². The topological polar surface area (TPSA) is 76.3 Å². The average molecular weight is 263 g/mol. The van der Waals surface area contributed by atoms with Crippen LogP contribution < -0.4 is 16.0 Å². The van der Waals surface area contributed by atoms with Gasteiger partial charge in [-0.05, 0) is 26.2 Å². The standard InChI is InChI=1S/C13H21N5O/c1-2-15-11-8-12(17-13(14)16-11)18-6-7-19-10-5-3-4-9(10)18/h8-10H,2-7H2,1H3,(H3,14,15,16,17). The lowest BCUT2D eigenvalue weighted by atomic mass is 10.1. The van der Waals surface area contributed by atoms with Crippen LogP contribution in [0.2, 0.25) is 0 Å². The van der Waals surface area contributed by atoms with Crippen molar-refractivity contribution in [3.63, 3.8) is 0 Å². The van der Waals surface area contributed by atoms with E-state index in [0.717, 1.165) is 37.8 Å². The van der Waals surface area contributed by atoms with Crippen molar-refractivity contribution in [2.75, 3.05) is 35.6 Å². The second-order valence-corrected chi connectivity index (χ2v) is 5.10. The molecule has 0 bridgehead atoms. The molecule has 1 aliphatic carbocycles. The van der Waals surface area contributed by atoms with Crippen molar-refractivity contribution in [2.45, 2.75) is 38.3 Å². The van der Waals surface area contributed by atoms with E-state index in [4.69, 9.17) is 10.5 Å². The van der Waals surface area contributed by atoms with Crippen molar-refractivity contribution in [1.29, 1.82) is 0 Å². The molecule has 19 heavy (non-hydrogen) atoms. The molecule has 1 aromatic heterocycles. The minimum atomic E-state index is 0.328. The van der Waals surface area contributed by atoms with E-state index in [1.165, 1.54) is 12.8 Å². The quantitative estimate of drug-likeness (QED) is 0.854. The molecule has 0 aromatic carbocycles. The summed E-state index contributed by atoms with van der Waals surface area (Å²) in [6.07, 6.45) is 3.91. The van der Waals surface area contributed by atoms with E-state index in [1.807, 2.05) is 13.0 Å². The van der Waals surface area contributed by atoms with Crippen molar-refractivity contribution >= 4 is 17.6 Å². The summed E-state index contributed by atoms with van der Waals surface area (Å²) in [7, 11) is 0. The van der Waals surface area contributed by atoms with Crippen LogP contribution in [0.4, 0.5) is 17.6 Å². The molecule has 3 rings (SSSR count). The molecule has 6 nitrogen and oxygen atoms in total. The third kappa shape index (κ3) is 2.45. The van der Waals surface area contributed by atoms with Crippen LogP contribution in [0.25, 0.3) is 0 Å². The lowest BCUT2D eigenvalue weighted by molar-refractivity contribution is 0.0253. The maximum absolute atomic E-state index is 5.83. The summed E-state index contributed by atoms with van der Waals surface area (Å²) in [5.74, 6) is 2.05. The van der Waals surface area contributed by atoms with Gasteiger partial charge in [-0.3, -0.25) is 0 Å². The normalized spacial score (nSPS) is 26.3. The largest absolute Gasteiger partial charge is 0.374 e. The molecule has 2 unspecified atom stereocenters. The molecular formula is C13H21N5O. The third-order valence-corrected chi connectivity index (χ3v) is 3.86. The van der Waals surface area contributed by atoms with E-state index in [1.54, 1.807) is 0 Å². The summed E-state index contributed by atoms with van der Waals surface area (Å²) in [6.45, 7) is 4.51. The highest BCUT2D eigenvalue weighted by atomic mass is 16.5. The molecule has 3 N–H and O–H groups in total. The van der Waals surface area contributed by atoms with Gasteiger partial charge in [0.1, 0.15) is 11.6 Å². The van der Waals surface area contributed by atoms with Gasteiger partial charge < -0.3 is 20.7 Å². The first kappa shape index (κ1) is 12.5. The number of nitrogen functional groups attached to an aromatic ring is 1. The van der Waals surface area contributed by atoms with E-state index in [0.29, 0.717) is 18.1 Å². The molecule has 6 heteroatoms. The number of morpholine rings is 1. The molecule has 1 aromatic rings. The van der Waals surface area contributed by atoms with E-state index >= 15 is 0 Å². The van der Waals surface area contributed by atoms with Crippen LogP contribution in [0.3, 0.4) is 0 Å². The molecule has 0 spiro atoms. The fourth-order valence-corrected chi connectivity index (χ4v) is 3.08. The summed E-state index contributed by atoms with van der Waals surface area (Å²) in [5, 5.41) is 3.20. The van der Waals surface area contributed by atoms with Crippen molar-refractivity contribution in [1.82, 2.24) is 9.97 Å². The van der Waals surface area contributed by atoms with Crippen molar-refractivity contribution in [3.8, 4) is 0 Å². The van der Waals surface area contributed by atoms with Gasteiger partial charge in [-0.15, -0.1) is 0 Å². The Bertz CT molecular complexity index is 453. The highest BCUT2D eigenvalue weighted by Gasteiger charge is 2.36. The lowest BCUT2D eigenvalue weighted by Gasteiger charge is -2.38. The Morgan fingerprint density at radius 1 is 1.47 bits per heavy atom. The third-order valence-electron chi connectivity index (χ3n) is 3.86. The molecule has 104 valence electrons. The number of ether oxygens (including phenoxy) is 1. The number of rotatable bonds is 3. The lowest BCUT2D eigenvalue weighted by Crippen LogP contribution is -2.49. The SMILES string of the molecule is CCNc1cc(N2CCOC3CCCC32)nc(N)n1. The van der Waals surface area contributed by atoms with Crippen molar-refractivity contribution in [2.24, 2.45) is 0 Å². The highest BCUT2D eigenvalue weighted by Crippen LogP contribution is 2.33. The minimum absolute atomic E-state index is 0.328. The van der Waals surface area contributed by atoms with Crippen LogP contribution in [0.1, 0.15) is 26.2 Å².